The van der Waals surface area contributed by atoms with Crippen LogP contribution in [0.4, 0.5) is 11.8 Å². The number of hydrogen-bond donors (Lipinski definition) is 7. The van der Waals surface area contributed by atoms with Gasteiger partial charge in [0.05, 0.1) is 31.8 Å². The molecule has 2 unspecified atom stereocenters. The van der Waals surface area contributed by atoms with E-state index in [4.69, 9.17) is 27.8 Å². The first kappa shape index (κ1) is 42.1. The molecule has 0 spiro atoms. The lowest BCUT2D eigenvalue weighted by molar-refractivity contribution is -0.138. The van der Waals surface area contributed by atoms with Gasteiger partial charge < -0.3 is 52.0 Å². The van der Waals surface area contributed by atoms with Crippen LogP contribution in [0.5, 0.6) is 5.75 Å². The molecule has 0 bridgehead atoms. The molecule has 4 rings (SSSR count). The Kier molecular flexibility index (Phi) is 16.6. The zero-order valence-corrected chi connectivity index (χ0v) is 32.1. The monoisotopic (exact) mass is 768 g/mol. The Morgan fingerprint density at radius 1 is 1.13 bits per heavy atom. The number of nitrogens with two attached hydrogens (primary N) is 4. The summed E-state index contributed by atoms with van der Waals surface area (Å²) in [5.41, 5.74) is 21.9. The molecule has 296 valence electrons. The number of carbonyl (C=O) groups excluding carboxylic acids is 2. The van der Waals surface area contributed by atoms with Gasteiger partial charge in [0.15, 0.2) is 5.82 Å². The third-order valence-electron chi connectivity index (χ3n) is 9.07. The van der Waals surface area contributed by atoms with Gasteiger partial charge >= 0.3 is 5.97 Å². The lowest BCUT2D eigenvalue weighted by Crippen LogP contribution is -2.48. The van der Waals surface area contributed by atoms with Crippen molar-refractivity contribution in [2.45, 2.75) is 57.0 Å². The van der Waals surface area contributed by atoms with E-state index in [2.05, 4.69) is 60.1 Å². The molecule has 0 aliphatic carbocycles. The van der Waals surface area contributed by atoms with Crippen LogP contribution in [0, 0.1) is 0 Å². The fourth-order valence-electron chi connectivity index (χ4n) is 6.10. The van der Waals surface area contributed by atoms with E-state index in [9.17, 15) is 19.5 Å². The maximum atomic E-state index is 12.3. The zero-order valence-electron chi connectivity index (χ0n) is 31.3. The predicted octanol–water partition coefficient (Wildman–Crippen LogP) is 0.985. The summed E-state index contributed by atoms with van der Waals surface area (Å²) in [7, 11) is 1.70. The van der Waals surface area contributed by atoms with E-state index in [1.54, 1.807) is 13.3 Å². The fourth-order valence-corrected chi connectivity index (χ4v) is 7.04. The minimum absolute atomic E-state index is 0.0210. The number of aromatic nitrogens is 3. The molecule has 1 aromatic carbocycles. The molecule has 1 aliphatic heterocycles. The number of carbonyl (C=O) groups is 3. The molecule has 1 aliphatic rings. The first-order chi connectivity index (χ1) is 26.0. The van der Waals surface area contributed by atoms with Crippen LogP contribution in [0.15, 0.2) is 42.4 Å². The van der Waals surface area contributed by atoms with Crippen LogP contribution in [0.1, 0.15) is 43.7 Å². The minimum Gasteiger partial charge on any atom is -0.496 e. The van der Waals surface area contributed by atoms with E-state index in [0.717, 1.165) is 105 Å². The number of nitrogens with one attached hydrogen (secondary N) is 2. The van der Waals surface area contributed by atoms with Crippen LogP contribution >= 0.6 is 11.8 Å². The van der Waals surface area contributed by atoms with Crippen molar-refractivity contribution in [1.29, 1.82) is 0 Å². The smallest absolute Gasteiger partial charge is 0.317 e. The summed E-state index contributed by atoms with van der Waals surface area (Å²) in [4.78, 5) is 48.2. The van der Waals surface area contributed by atoms with Crippen molar-refractivity contribution >= 4 is 52.7 Å². The van der Waals surface area contributed by atoms with E-state index < -0.39 is 23.2 Å². The molecule has 54 heavy (non-hydrogen) atoms. The molecular formula is C36H56N12O5S. The number of nitrogens with zero attached hydrogens (tertiary/aromatic N) is 6. The highest BCUT2D eigenvalue weighted by atomic mass is 32.2. The van der Waals surface area contributed by atoms with Crippen molar-refractivity contribution in [3.63, 3.8) is 0 Å². The number of methoxy groups -OCH3 is 1. The summed E-state index contributed by atoms with van der Waals surface area (Å²) in [5, 5.41) is 15.9. The number of fused-ring (bicyclic) bond motifs is 1. The Bertz CT molecular complexity index is 1710. The topological polar surface area (TPSA) is 249 Å². The number of rotatable bonds is 23. The normalized spacial score (nSPS) is 15.1. The number of aldehydes is 1. The number of ether oxygens (including phenoxy) is 1. The lowest BCUT2D eigenvalue weighted by Gasteiger charge is -2.35. The Labute approximate surface area is 320 Å². The Hall–Kier alpha value is -4.62. The minimum atomic E-state index is -1.15. The van der Waals surface area contributed by atoms with Crippen LogP contribution in [-0.2, 0) is 27.5 Å². The summed E-state index contributed by atoms with van der Waals surface area (Å²) in [5.74, 6) is 6.46. The number of thioether (sulfide) groups is 1. The van der Waals surface area contributed by atoms with Crippen molar-refractivity contribution in [3.05, 3.63) is 53.5 Å². The van der Waals surface area contributed by atoms with Gasteiger partial charge in [0.25, 0.3) is 0 Å². The largest absolute Gasteiger partial charge is 0.496 e. The Morgan fingerprint density at radius 3 is 2.59 bits per heavy atom. The number of amides is 1. The molecule has 17 nitrogen and oxygen atoms in total. The van der Waals surface area contributed by atoms with E-state index in [1.165, 1.54) is 10.6 Å². The molecule has 3 heterocycles. The summed E-state index contributed by atoms with van der Waals surface area (Å²) >= 11 is 0.950. The average molecular weight is 769 g/mol. The van der Waals surface area contributed by atoms with E-state index in [-0.39, 0.29) is 24.7 Å². The molecule has 1 fully saturated rings. The third-order valence-corrected chi connectivity index (χ3v) is 10.4. The van der Waals surface area contributed by atoms with E-state index in [0.29, 0.717) is 25.1 Å². The molecule has 1 saturated heterocycles. The second-order valence-electron chi connectivity index (χ2n) is 13.4. The van der Waals surface area contributed by atoms with Crippen molar-refractivity contribution in [1.82, 2.24) is 34.7 Å². The lowest BCUT2D eigenvalue weighted by atomic mass is 10.1. The maximum absolute atomic E-state index is 12.3. The van der Waals surface area contributed by atoms with Gasteiger partial charge in [-0.3, -0.25) is 19.4 Å². The van der Waals surface area contributed by atoms with Crippen LogP contribution in [0.2, 0.25) is 0 Å². The van der Waals surface area contributed by atoms with Gasteiger partial charge in [-0.1, -0.05) is 31.9 Å². The van der Waals surface area contributed by atoms with Crippen LogP contribution in [0.25, 0.3) is 11.0 Å². The van der Waals surface area contributed by atoms with Crippen LogP contribution < -0.4 is 38.4 Å². The van der Waals surface area contributed by atoms with Gasteiger partial charge in [-0.25, -0.2) is 10.8 Å². The number of hydrazine groups is 1. The number of aliphatic carboxylic acids is 1. The summed E-state index contributed by atoms with van der Waals surface area (Å²) in [6.07, 6.45) is 7.19. The highest BCUT2D eigenvalue weighted by molar-refractivity contribution is 8.00. The van der Waals surface area contributed by atoms with Crippen molar-refractivity contribution < 1.29 is 24.2 Å². The van der Waals surface area contributed by atoms with Crippen LogP contribution in [0.3, 0.4) is 0 Å². The molecule has 3 aromatic rings. The Morgan fingerprint density at radius 2 is 1.89 bits per heavy atom. The number of carboxylic acids is 1. The van der Waals surface area contributed by atoms with Crippen molar-refractivity contribution in [3.8, 4) is 5.75 Å². The average Bonchev–Trinajstić information content (AvgIpc) is 3.56. The second kappa shape index (κ2) is 21.3. The molecule has 2 aromatic heterocycles. The van der Waals surface area contributed by atoms with Gasteiger partial charge in [0.1, 0.15) is 22.8 Å². The zero-order chi connectivity index (χ0) is 39.0. The third kappa shape index (κ3) is 13.0. The molecule has 18 heteroatoms. The highest BCUT2D eigenvalue weighted by Gasteiger charge is 2.23. The summed E-state index contributed by atoms with van der Waals surface area (Å²) < 4.78 is 7.99. The van der Waals surface area contributed by atoms with Crippen molar-refractivity contribution in [2.75, 3.05) is 76.3 Å². The first-order valence-corrected chi connectivity index (χ1v) is 19.3. The fraction of sp³-hybridized carbons (Fsp3) is 0.528. The standard InChI is InChI=1S/C36H56N12O5S/c1-3-4-5-9-41-34-33-29(43-36(39)44-34)8-10-47(33)21-26-7-6-25(17-30(26)53-2)20-46-13-11-45(12-14-46)15-16-48(40)22-27(37)19-42-32(50)18-31(35(51)52)54-24-28(38)23-49/h6-8,10,17,22-23,28,31H,3-5,9,11-16,18-21,24,37-38,40H2,1-2H3,(H,42,50)(H,51,52)(H3,39,41,43,44)/b27-22-. The van der Waals surface area contributed by atoms with Gasteiger partial charge in [-0.2, -0.15) is 4.98 Å². The van der Waals surface area contributed by atoms with Gasteiger partial charge in [0, 0.05) is 88.2 Å². The Balaban J connectivity index is 1.21. The number of piperazine rings is 1. The number of nitrogen functional groups attached to an aromatic ring is 1. The van der Waals surface area contributed by atoms with E-state index >= 15 is 0 Å². The van der Waals surface area contributed by atoms with Gasteiger partial charge in [-0.15, -0.1) is 11.8 Å². The SMILES string of the molecule is CCCCCNc1nc(N)nc2ccn(Cc3ccc(CN4CCN(CCN(N)/C=C(\N)CNC(=O)CC(SCC(N)C=O)C(=O)O)CC4)cc3OC)c12. The molecular weight excluding hydrogens is 713 g/mol. The molecule has 2 atom stereocenters. The maximum Gasteiger partial charge on any atom is 0.317 e. The molecule has 0 radical (unpaired) electrons. The quantitative estimate of drug-likeness (QED) is 0.0308. The number of anilines is 2. The molecule has 1 amide bonds. The predicted molar refractivity (Wildman–Crippen MR) is 212 cm³/mol. The number of unbranched alkanes of at least 4 members (excludes halogenated alkanes) is 2. The summed E-state index contributed by atoms with van der Waals surface area (Å²) in [6, 6.07) is 7.58. The number of benzene rings is 1. The van der Waals surface area contributed by atoms with Crippen LogP contribution in [-0.4, -0.2) is 129 Å². The second-order valence-corrected chi connectivity index (χ2v) is 14.6. The summed E-state index contributed by atoms with van der Waals surface area (Å²) in [6.45, 7) is 9.30. The van der Waals surface area contributed by atoms with Gasteiger partial charge in [0.2, 0.25) is 11.9 Å². The van der Waals surface area contributed by atoms with E-state index in [1.807, 2.05) is 12.3 Å². The van der Waals surface area contributed by atoms with Crippen molar-refractivity contribution in [2.24, 2.45) is 17.3 Å². The molecule has 0 saturated carbocycles. The number of hydrogen-bond acceptors (Lipinski definition) is 15. The highest BCUT2D eigenvalue weighted by Crippen LogP contribution is 2.27. The first-order valence-electron chi connectivity index (χ1n) is 18.3. The van der Waals surface area contributed by atoms with Gasteiger partial charge in [-0.05, 0) is 24.1 Å². The molecule has 11 N–H and O–H groups in total. The number of carboxylic acid groups (broad SMARTS) is 1.